The number of carbonyl (C=O) groups is 1. The number of anilines is 1. The molecular weight excluding hydrogens is 200 g/mol. The highest BCUT2D eigenvalue weighted by Gasteiger charge is 2.25. The molecule has 0 saturated heterocycles. The van der Waals surface area contributed by atoms with E-state index in [-0.39, 0.29) is 11.7 Å². The molecule has 1 fully saturated rings. The highest BCUT2D eigenvalue weighted by atomic mass is 16.1. The fraction of sp³-hybridized carbons (Fsp3) is 0.538. The summed E-state index contributed by atoms with van der Waals surface area (Å²) in [5.41, 5.74) is 0.760. The van der Waals surface area contributed by atoms with Gasteiger partial charge in [-0.25, -0.2) is 4.98 Å². The van der Waals surface area contributed by atoms with Crippen LogP contribution in [0.4, 0.5) is 5.82 Å². The summed E-state index contributed by atoms with van der Waals surface area (Å²) in [6, 6.07) is 3.72. The van der Waals surface area contributed by atoms with Crippen LogP contribution in [0.15, 0.2) is 18.3 Å². The van der Waals surface area contributed by atoms with Gasteiger partial charge in [0, 0.05) is 18.7 Å². The minimum absolute atomic E-state index is 0.224. The average molecular weight is 218 g/mol. The van der Waals surface area contributed by atoms with E-state index in [2.05, 4.69) is 10.3 Å². The minimum Gasteiger partial charge on any atom is -0.370 e. The summed E-state index contributed by atoms with van der Waals surface area (Å²) in [5.74, 6) is 1.23. The van der Waals surface area contributed by atoms with E-state index < -0.39 is 0 Å². The van der Waals surface area contributed by atoms with Crippen LogP contribution in [0.2, 0.25) is 0 Å². The quantitative estimate of drug-likeness (QED) is 0.790. The van der Waals surface area contributed by atoms with Crippen molar-refractivity contribution < 1.29 is 4.79 Å². The lowest BCUT2D eigenvalue weighted by molar-refractivity contribution is 0.0923. The lowest BCUT2D eigenvalue weighted by atomic mass is 9.97. The topological polar surface area (TPSA) is 42.0 Å². The summed E-state index contributed by atoms with van der Waals surface area (Å²) in [6.45, 7) is 2.81. The summed E-state index contributed by atoms with van der Waals surface area (Å²) >= 11 is 0. The summed E-state index contributed by atoms with van der Waals surface area (Å²) in [7, 11) is 0. The Bertz CT molecular complexity index is 370. The van der Waals surface area contributed by atoms with Crippen molar-refractivity contribution in [3.8, 4) is 0 Å². The van der Waals surface area contributed by atoms with Crippen LogP contribution in [-0.4, -0.2) is 17.3 Å². The zero-order chi connectivity index (χ0) is 11.4. The van der Waals surface area contributed by atoms with Crippen molar-refractivity contribution in [2.24, 2.45) is 5.92 Å². The summed E-state index contributed by atoms with van der Waals surface area (Å²) in [6.07, 6.45) is 6.18. The molecule has 0 spiro atoms. The molecule has 2 rings (SSSR count). The van der Waals surface area contributed by atoms with Gasteiger partial charge >= 0.3 is 0 Å². The molecule has 0 aromatic carbocycles. The van der Waals surface area contributed by atoms with Gasteiger partial charge in [-0.3, -0.25) is 4.79 Å². The molecule has 86 valence electrons. The number of carbonyl (C=O) groups excluding carboxylic acids is 1. The highest BCUT2D eigenvalue weighted by molar-refractivity contribution is 6.01. The Kier molecular flexibility index (Phi) is 3.54. The molecule has 0 unspecified atom stereocenters. The Morgan fingerprint density at radius 3 is 2.94 bits per heavy atom. The summed E-state index contributed by atoms with van der Waals surface area (Å²) < 4.78 is 0. The molecule has 0 atom stereocenters. The number of aromatic nitrogens is 1. The van der Waals surface area contributed by atoms with Gasteiger partial charge < -0.3 is 5.32 Å². The number of rotatable bonds is 4. The first-order valence-corrected chi connectivity index (χ1v) is 6.06. The predicted molar refractivity (Wildman–Crippen MR) is 64.7 cm³/mol. The van der Waals surface area contributed by atoms with Crippen molar-refractivity contribution in [1.29, 1.82) is 0 Å². The maximum Gasteiger partial charge on any atom is 0.169 e. The molecule has 0 aliphatic heterocycles. The molecular formula is C13H18N2O. The van der Waals surface area contributed by atoms with Crippen LogP contribution < -0.4 is 5.32 Å². The Balaban J connectivity index is 2.21. The Labute approximate surface area is 96.3 Å². The molecule has 1 N–H and O–H groups in total. The van der Waals surface area contributed by atoms with Crippen LogP contribution in [0.3, 0.4) is 0 Å². The third-order valence-corrected chi connectivity index (χ3v) is 3.14. The first-order chi connectivity index (χ1) is 7.83. The number of Topliss-reactive ketones (excluding diaryl/α,β-unsaturated/α-hetero) is 1. The second kappa shape index (κ2) is 5.10. The first kappa shape index (κ1) is 11.1. The van der Waals surface area contributed by atoms with Crippen LogP contribution >= 0.6 is 0 Å². The van der Waals surface area contributed by atoms with Crippen molar-refractivity contribution in [3.05, 3.63) is 23.9 Å². The SMILES string of the molecule is CCNc1ncccc1C(=O)C1CCCC1. The molecule has 1 aromatic rings. The normalized spacial score (nSPS) is 16.3. The third kappa shape index (κ3) is 2.23. The van der Waals surface area contributed by atoms with E-state index >= 15 is 0 Å². The molecule has 1 heterocycles. The van der Waals surface area contributed by atoms with E-state index in [9.17, 15) is 4.79 Å². The van der Waals surface area contributed by atoms with Gasteiger partial charge in [0.1, 0.15) is 5.82 Å². The maximum atomic E-state index is 12.3. The van der Waals surface area contributed by atoms with Crippen molar-refractivity contribution in [3.63, 3.8) is 0 Å². The van der Waals surface area contributed by atoms with E-state index in [1.165, 1.54) is 12.8 Å². The Morgan fingerprint density at radius 2 is 2.25 bits per heavy atom. The first-order valence-electron chi connectivity index (χ1n) is 6.06. The van der Waals surface area contributed by atoms with Gasteiger partial charge in [0.25, 0.3) is 0 Å². The molecule has 1 aromatic heterocycles. The van der Waals surface area contributed by atoms with Crippen LogP contribution in [0.25, 0.3) is 0 Å². The van der Waals surface area contributed by atoms with E-state index in [4.69, 9.17) is 0 Å². The molecule has 3 nitrogen and oxygen atoms in total. The molecule has 0 amide bonds. The van der Waals surface area contributed by atoms with Crippen molar-refractivity contribution in [2.75, 3.05) is 11.9 Å². The lowest BCUT2D eigenvalue weighted by Crippen LogP contribution is -2.14. The van der Waals surface area contributed by atoms with Gasteiger partial charge in [-0.05, 0) is 31.9 Å². The van der Waals surface area contributed by atoms with Crippen LogP contribution in [-0.2, 0) is 0 Å². The molecule has 16 heavy (non-hydrogen) atoms. The number of pyridine rings is 1. The summed E-state index contributed by atoms with van der Waals surface area (Å²) in [5, 5.41) is 3.15. The molecule has 1 aliphatic carbocycles. The van der Waals surface area contributed by atoms with Crippen molar-refractivity contribution in [2.45, 2.75) is 32.6 Å². The summed E-state index contributed by atoms with van der Waals surface area (Å²) in [4.78, 5) is 16.5. The average Bonchev–Trinajstić information content (AvgIpc) is 2.83. The van der Waals surface area contributed by atoms with Crippen LogP contribution in [0.5, 0.6) is 0 Å². The molecule has 1 saturated carbocycles. The number of nitrogens with zero attached hydrogens (tertiary/aromatic N) is 1. The van der Waals surface area contributed by atoms with E-state index in [0.717, 1.165) is 30.8 Å². The predicted octanol–water partition coefficient (Wildman–Crippen LogP) is 2.89. The van der Waals surface area contributed by atoms with Gasteiger partial charge in [0.05, 0.1) is 5.56 Å². The van der Waals surface area contributed by atoms with Crippen LogP contribution in [0, 0.1) is 5.92 Å². The van der Waals surface area contributed by atoms with Gasteiger partial charge in [-0.1, -0.05) is 12.8 Å². The number of ketones is 1. The zero-order valence-corrected chi connectivity index (χ0v) is 9.70. The lowest BCUT2D eigenvalue weighted by Gasteiger charge is -2.12. The van der Waals surface area contributed by atoms with Crippen molar-refractivity contribution >= 4 is 11.6 Å². The van der Waals surface area contributed by atoms with E-state index in [0.29, 0.717) is 0 Å². The van der Waals surface area contributed by atoms with E-state index in [1.807, 2.05) is 19.1 Å². The van der Waals surface area contributed by atoms with Gasteiger partial charge in [-0.15, -0.1) is 0 Å². The molecule has 1 aliphatic rings. The van der Waals surface area contributed by atoms with Crippen molar-refractivity contribution in [1.82, 2.24) is 4.98 Å². The van der Waals surface area contributed by atoms with Gasteiger partial charge in [0.2, 0.25) is 0 Å². The minimum atomic E-state index is 0.224. The van der Waals surface area contributed by atoms with Gasteiger partial charge in [-0.2, -0.15) is 0 Å². The fourth-order valence-corrected chi connectivity index (χ4v) is 2.32. The smallest absolute Gasteiger partial charge is 0.169 e. The molecule has 0 bridgehead atoms. The second-order valence-corrected chi connectivity index (χ2v) is 4.28. The van der Waals surface area contributed by atoms with Gasteiger partial charge in [0.15, 0.2) is 5.78 Å². The van der Waals surface area contributed by atoms with E-state index in [1.54, 1.807) is 6.20 Å². The Hall–Kier alpha value is -1.38. The molecule has 0 radical (unpaired) electrons. The highest BCUT2D eigenvalue weighted by Crippen LogP contribution is 2.29. The number of hydrogen-bond acceptors (Lipinski definition) is 3. The number of nitrogens with one attached hydrogen (secondary N) is 1. The fourth-order valence-electron chi connectivity index (χ4n) is 2.32. The maximum absolute atomic E-state index is 12.3. The monoisotopic (exact) mass is 218 g/mol. The Morgan fingerprint density at radius 1 is 1.50 bits per heavy atom. The number of hydrogen-bond donors (Lipinski definition) is 1. The zero-order valence-electron chi connectivity index (χ0n) is 9.70. The third-order valence-electron chi connectivity index (χ3n) is 3.14. The largest absolute Gasteiger partial charge is 0.370 e. The standard InChI is InChI=1S/C13H18N2O/c1-2-14-13-11(8-5-9-15-13)12(16)10-6-3-4-7-10/h5,8-10H,2-4,6-7H2,1H3,(H,14,15). The van der Waals surface area contributed by atoms with Crippen LogP contribution in [0.1, 0.15) is 43.0 Å². The second-order valence-electron chi connectivity index (χ2n) is 4.28. The molecule has 3 heteroatoms.